The summed E-state index contributed by atoms with van der Waals surface area (Å²) >= 11 is 0. The number of hydrogen-bond acceptors (Lipinski definition) is 4. The molecule has 1 saturated carbocycles. The van der Waals surface area contributed by atoms with Crippen LogP contribution in [0.4, 0.5) is 0 Å². The minimum absolute atomic E-state index is 0.156. The Morgan fingerprint density at radius 3 is 3.10 bits per heavy atom. The van der Waals surface area contributed by atoms with Gasteiger partial charge in [-0.2, -0.15) is 0 Å². The van der Waals surface area contributed by atoms with Gasteiger partial charge in [0.2, 0.25) is 0 Å². The first-order valence-electron chi connectivity index (χ1n) is 7.82. The van der Waals surface area contributed by atoms with E-state index in [1.165, 1.54) is 32.2 Å². The van der Waals surface area contributed by atoms with Crippen LogP contribution in [0.5, 0.6) is 5.75 Å². The van der Waals surface area contributed by atoms with E-state index in [9.17, 15) is 0 Å². The predicted molar refractivity (Wildman–Crippen MR) is 75.7 cm³/mol. The molecule has 4 nitrogen and oxygen atoms in total. The van der Waals surface area contributed by atoms with Crippen LogP contribution in [0.2, 0.25) is 0 Å². The lowest BCUT2D eigenvalue weighted by atomic mass is 10.0. The molecule has 1 aliphatic carbocycles. The normalized spacial score (nSPS) is 33.9. The molecule has 3 aliphatic rings. The molecule has 0 aromatic carbocycles. The number of aromatic nitrogens is 1. The van der Waals surface area contributed by atoms with Crippen molar-refractivity contribution in [1.29, 1.82) is 0 Å². The number of nitrogens with zero attached hydrogens (tertiary/aromatic N) is 2. The van der Waals surface area contributed by atoms with Crippen molar-refractivity contribution in [2.45, 2.75) is 43.9 Å². The Bertz CT molecular complexity index is 449. The lowest BCUT2D eigenvalue weighted by Crippen LogP contribution is -2.43. The molecule has 4 rings (SSSR count). The van der Waals surface area contributed by atoms with Crippen LogP contribution in [0.15, 0.2) is 24.5 Å². The van der Waals surface area contributed by atoms with E-state index in [0.29, 0.717) is 6.04 Å². The summed E-state index contributed by atoms with van der Waals surface area (Å²) in [5.41, 5.74) is 0. The highest BCUT2D eigenvalue weighted by atomic mass is 16.5. The second-order valence-electron chi connectivity index (χ2n) is 6.29. The number of rotatable bonds is 4. The minimum Gasteiger partial charge on any atom is -0.485 e. The van der Waals surface area contributed by atoms with E-state index in [0.717, 1.165) is 24.8 Å². The van der Waals surface area contributed by atoms with Gasteiger partial charge < -0.3 is 9.47 Å². The summed E-state index contributed by atoms with van der Waals surface area (Å²) in [5.74, 6) is 1.79. The lowest BCUT2D eigenvalue weighted by molar-refractivity contribution is -0.0468. The number of hydrogen-bond donors (Lipinski definition) is 0. The molecule has 3 atom stereocenters. The summed E-state index contributed by atoms with van der Waals surface area (Å²) in [4.78, 5) is 6.74. The average Bonchev–Trinajstić information content (AvgIpc) is 3.25. The fourth-order valence-corrected chi connectivity index (χ4v) is 3.54. The Labute approximate surface area is 120 Å². The summed E-state index contributed by atoms with van der Waals surface area (Å²) in [5, 5.41) is 0. The van der Waals surface area contributed by atoms with E-state index in [1.54, 1.807) is 12.4 Å². The van der Waals surface area contributed by atoms with E-state index in [-0.39, 0.29) is 12.2 Å². The zero-order chi connectivity index (χ0) is 13.4. The quantitative estimate of drug-likeness (QED) is 0.842. The molecule has 0 N–H and O–H groups in total. The van der Waals surface area contributed by atoms with Crippen LogP contribution >= 0.6 is 0 Å². The van der Waals surface area contributed by atoms with Crippen molar-refractivity contribution in [3.63, 3.8) is 0 Å². The molecular weight excluding hydrogens is 252 g/mol. The molecular formula is C16H22N2O2. The Morgan fingerprint density at radius 2 is 2.30 bits per heavy atom. The SMILES string of the molecule is c1cncc(O[C@@H]2CN(CC3CC3)[C@@H]3CCCO[C@H]32)c1. The highest BCUT2D eigenvalue weighted by molar-refractivity contribution is 5.17. The number of pyridine rings is 1. The molecule has 0 unspecified atom stereocenters. The van der Waals surface area contributed by atoms with Crippen molar-refractivity contribution in [2.75, 3.05) is 19.7 Å². The Hall–Kier alpha value is -1.13. The van der Waals surface area contributed by atoms with Crippen LogP contribution < -0.4 is 4.74 Å². The van der Waals surface area contributed by atoms with Crippen LogP contribution in [0, 0.1) is 5.92 Å². The number of fused-ring (bicyclic) bond motifs is 1. The van der Waals surface area contributed by atoms with Gasteiger partial charge in [-0.05, 0) is 43.7 Å². The first-order chi connectivity index (χ1) is 9.90. The lowest BCUT2D eigenvalue weighted by Gasteiger charge is -2.32. The maximum Gasteiger partial charge on any atom is 0.139 e. The zero-order valence-corrected chi connectivity index (χ0v) is 11.8. The van der Waals surface area contributed by atoms with Crippen molar-refractivity contribution >= 4 is 0 Å². The first kappa shape index (κ1) is 12.6. The molecule has 0 spiro atoms. The van der Waals surface area contributed by atoms with Gasteiger partial charge in [0.25, 0.3) is 0 Å². The summed E-state index contributed by atoms with van der Waals surface area (Å²) < 4.78 is 12.2. The van der Waals surface area contributed by atoms with Crippen molar-refractivity contribution in [2.24, 2.45) is 5.92 Å². The van der Waals surface area contributed by atoms with Crippen molar-refractivity contribution in [1.82, 2.24) is 9.88 Å². The Kier molecular flexibility index (Phi) is 3.36. The third kappa shape index (κ3) is 2.54. The Morgan fingerprint density at radius 1 is 1.35 bits per heavy atom. The van der Waals surface area contributed by atoms with E-state index in [1.807, 2.05) is 12.1 Å². The van der Waals surface area contributed by atoms with Gasteiger partial charge >= 0.3 is 0 Å². The van der Waals surface area contributed by atoms with Gasteiger partial charge in [-0.3, -0.25) is 9.88 Å². The van der Waals surface area contributed by atoms with Gasteiger partial charge in [-0.15, -0.1) is 0 Å². The van der Waals surface area contributed by atoms with Crippen LogP contribution in [-0.2, 0) is 4.74 Å². The van der Waals surface area contributed by atoms with E-state index < -0.39 is 0 Å². The van der Waals surface area contributed by atoms with Crippen molar-refractivity contribution in [3.05, 3.63) is 24.5 Å². The van der Waals surface area contributed by atoms with Crippen LogP contribution in [0.3, 0.4) is 0 Å². The topological polar surface area (TPSA) is 34.6 Å². The van der Waals surface area contributed by atoms with Crippen LogP contribution in [0.25, 0.3) is 0 Å². The van der Waals surface area contributed by atoms with Crippen LogP contribution in [0.1, 0.15) is 25.7 Å². The summed E-state index contributed by atoms with van der Waals surface area (Å²) in [6.07, 6.45) is 9.21. The maximum atomic E-state index is 6.15. The van der Waals surface area contributed by atoms with Gasteiger partial charge in [-0.1, -0.05) is 0 Å². The summed E-state index contributed by atoms with van der Waals surface area (Å²) in [6, 6.07) is 4.46. The smallest absolute Gasteiger partial charge is 0.139 e. The molecule has 3 heterocycles. The van der Waals surface area contributed by atoms with E-state index in [2.05, 4.69) is 9.88 Å². The Balaban J connectivity index is 1.47. The molecule has 2 aliphatic heterocycles. The number of ether oxygens (including phenoxy) is 2. The highest BCUT2D eigenvalue weighted by Gasteiger charge is 2.46. The second kappa shape index (κ2) is 5.34. The zero-order valence-electron chi connectivity index (χ0n) is 11.8. The standard InChI is InChI=1S/C16H22N2O2/c1-3-13(9-17-7-1)20-15-11-18(10-12-5-6-12)14-4-2-8-19-16(14)15/h1,3,7,9,12,14-16H,2,4-6,8,10-11H2/t14-,15-,16-/m1/s1. The highest BCUT2D eigenvalue weighted by Crippen LogP contribution is 2.36. The monoisotopic (exact) mass is 274 g/mol. The van der Waals surface area contributed by atoms with Gasteiger partial charge in [0, 0.05) is 31.9 Å². The molecule has 4 heteroatoms. The molecule has 108 valence electrons. The van der Waals surface area contributed by atoms with E-state index >= 15 is 0 Å². The minimum atomic E-state index is 0.156. The molecule has 1 aromatic rings. The summed E-state index contributed by atoms with van der Waals surface area (Å²) in [6.45, 7) is 3.11. The molecule has 20 heavy (non-hydrogen) atoms. The molecule has 0 amide bonds. The fraction of sp³-hybridized carbons (Fsp3) is 0.688. The summed E-state index contributed by atoms with van der Waals surface area (Å²) in [7, 11) is 0. The average molecular weight is 274 g/mol. The van der Waals surface area contributed by atoms with Gasteiger partial charge in [0.1, 0.15) is 18.0 Å². The van der Waals surface area contributed by atoms with Crippen molar-refractivity contribution in [3.8, 4) is 5.75 Å². The van der Waals surface area contributed by atoms with Gasteiger partial charge in [0.05, 0.1) is 6.20 Å². The van der Waals surface area contributed by atoms with Crippen LogP contribution in [-0.4, -0.2) is 47.8 Å². The molecule has 0 radical (unpaired) electrons. The molecule has 2 saturated heterocycles. The molecule has 3 fully saturated rings. The van der Waals surface area contributed by atoms with Gasteiger partial charge in [0.15, 0.2) is 0 Å². The molecule has 1 aromatic heterocycles. The third-order valence-corrected chi connectivity index (χ3v) is 4.70. The maximum absolute atomic E-state index is 6.15. The fourth-order valence-electron chi connectivity index (χ4n) is 3.54. The predicted octanol–water partition coefficient (Wildman–Crippen LogP) is 2.10. The van der Waals surface area contributed by atoms with Gasteiger partial charge in [-0.25, -0.2) is 0 Å². The second-order valence-corrected chi connectivity index (χ2v) is 6.29. The third-order valence-electron chi connectivity index (χ3n) is 4.70. The number of likely N-dealkylation sites (tertiary alicyclic amines) is 1. The largest absolute Gasteiger partial charge is 0.485 e. The molecule has 0 bridgehead atoms. The first-order valence-corrected chi connectivity index (χ1v) is 7.82. The van der Waals surface area contributed by atoms with E-state index in [4.69, 9.17) is 9.47 Å². The van der Waals surface area contributed by atoms with Crippen molar-refractivity contribution < 1.29 is 9.47 Å².